The second kappa shape index (κ2) is 6.13. The summed E-state index contributed by atoms with van der Waals surface area (Å²) in [5, 5.41) is 8.71. The average molecular weight is 297 g/mol. The average Bonchev–Trinajstić information content (AvgIpc) is 3.13. The topological polar surface area (TPSA) is 40.5 Å². The van der Waals surface area contributed by atoms with Crippen LogP contribution in [-0.4, -0.2) is 22.5 Å². The zero-order valence-corrected chi connectivity index (χ0v) is 12.3. The maximum absolute atomic E-state index is 12.5. The molecule has 3 rings (SSSR count). The Labute approximate surface area is 127 Å². The molecule has 0 bridgehead atoms. The third-order valence-corrected chi connectivity index (χ3v) is 4.38. The molecule has 0 unspecified atom stereocenters. The van der Waals surface area contributed by atoms with Crippen LogP contribution in [0.2, 0.25) is 0 Å². The second-order valence-corrected chi connectivity index (χ2v) is 5.95. The minimum Gasteiger partial charge on any atom is -0.395 e. The summed E-state index contributed by atoms with van der Waals surface area (Å²) >= 11 is 1.41. The number of aliphatic hydroxyl groups excluding tert-OH is 1. The molecular weight excluding hydrogens is 282 g/mol. The third kappa shape index (κ3) is 2.99. The van der Waals surface area contributed by atoms with E-state index in [9.17, 15) is 4.79 Å². The number of nitrogens with zero attached hydrogens (tertiary/aromatic N) is 1. The van der Waals surface area contributed by atoms with E-state index in [1.54, 1.807) is 0 Å². The number of carbonyl (C=O) groups excluding carboxylic acids is 1. The van der Waals surface area contributed by atoms with Crippen LogP contribution in [-0.2, 0) is 13.1 Å². The number of thiophene rings is 1. The molecule has 106 valence electrons. The van der Waals surface area contributed by atoms with E-state index in [-0.39, 0.29) is 12.5 Å². The van der Waals surface area contributed by atoms with Gasteiger partial charge < -0.3 is 10.0 Å². The quantitative estimate of drug-likeness (QED) is 0.866. The predicted octanol–water partition coefficient (Wildman–Crippen LogP) is 2.64. The van der Waals surface area contributed by atoms with Crippen molar-refractivity contribution in [2.45, 2.75) is 19.5 Å². The standard InChI is InChI=1S/C17H15NO2S/c19-10-4-3-7-15-8-9-16(21-15)17(20)18-11-13-5-1-2-6-14(13)12-18/h1-2,5-6,8-9,19H,4,10-12H2. The van der Waals surface area contributed by atoms with Gasteiger partial charge in [-0.25, -0.2) is 0 Å². The van der Waals surface area contributed by atoms with Gasteiger partial charge in [-0.1, -0.05) is 36.1 Å². The first-order valence-corrected chi connectivity index (χ1v) is 7.65. The first-order chi connectivity index (χ1) is 10.3. The molecule has 1 amide bonds. The van der Waals surface area contributed by atoms with Crippen molar-refractivity contribution in [2.24, 2.45) is 0 Å². The maximum Gasteiger partial charge on any atom is 0.264 e. The van der Waals surface area contributed by atoms with Crippen molar-refractivity contribution in [2.75, 3.05) is 6.61 Å². The lowest BCUT2D eigenvalue weighted by molar-refractivity contribution is 0.0756. The van der Waals surface area contributed by atoms with Gasteiger partial charge in [0.05, 0.1) is 16.4 Å². The smallest absolute Gasteiger partial charge is 0.264 e. The lowest BCUT2D eigenvalue weighted by Crippen LogP contribution is -2.24. The summed E-state index contributed by atoms with van der Waals surface area (Å²) in [6.45, 7) is 1.42. The van der Waals surface area contributed by atoms with Crippen LogP contribution in [0.15, 0.2) is 36.4 Å². The summed E-state index contributed by atoms with van der Waals surface area (Å²) in [7, 11) is 0. The Balaban J connectivity index is 1.72. The van der Waals surface area contributed by atoms with Gasteiger partial charge in [-0.2, -0.15) is 0 Å². The fourth-order valence-electron chi connectivity index (χ4n) is 2.36. The molecule has 3 nitrogen and oxygen atoms in total. The highest BCUT2D eigenvalue weighted by Crippen LogP contribution is 2.26. The Morgan fingerprint density at radius 2 is 1.90 bits per heavy atom. The van der Waals surface area contributed by atoms with Gasteiger partial charge in [0.25, 0.3) is 5.91 Å². The molecule has 0 aliphatic carbocycles. The first kappa shape index (κ1) is 13.9. The summed E-state index contributed by atoms with van der Waals surface area (Å²) in [6.07, 6.45) is 0.461. The molecule has 2 aromatic rings. The van der Waals surface area contributed by atoms with Crippen LogP contribution in [0.5, 0.6) is 0 Å². The fourth-order valence-corrected chi connectivity index (χ4v) is 3.21. The number of hydrogen-bond donors (Lipinski definition) is 1. The summed E-state index contributed by atoms with van der Waals surface area (Å²) in [5.41, 5.74) is 2.45. The van der Waals surface area contributed by atoms with E-state index >= 15 is 0 Å². The molecule has 4 heteroatoms. The largest absolute Gasteiger partial charge is 0.395 e. The van der Waals surface area contributed by atoms with Gasteiger partial charge >= 0.3 is 0 Å². The molecule has 0 spiro atoms. The van der Waals surface area contributed by atoms with Crippen LogP contribution < -0.4 is 0 Å². The third-order valence-electron chi connectivity index (χ3n) is 3.39. The number of benzene rings is 1. The van der Waals surface area contributed by atoms with Crippen molar-refractivity contribution in [3.63, 3.8) is 0 Å². The summed E-state index contributed by atoms with van der Waals surface area (Å²) < 4.78 is 0. The first-order valence-electron chi connectivity index (χ1n) is 6.83. The highest BCUT2D eigenvalue weighted by Gasteiger charge is 2.24. The molecule has 0 saturated heterocycles. The number of fused-ring (bicyclic) bond motifs is 1. The number of hydrogen-bond acceptors (Lipinski definition) is 3. The second-order valence-electron chi connectivity index (χ2n) is 4.87. The van der Waals surface area contributed by atoms with Crippen LogP contribution in [0, 0.1) is 11.8 Å². The summed E-state index contributed by atoms with van der Waals surface area (Å²) in [5.74, 6) is 5.90. The number of aliphatic hydroxyl groups is 1. The van der Waals surface area contributed by atoms with Gasteiger partial charge in [-0.05, 0) is 23.3 Å². The van der Waals surface area contributed by atoms with E-state index in [0.717, 1.165) is 9.75 Å². The molecule has 0 atom stereocenters. The van der Waals surface area contributed by atoms with Crippen LogP contribution in [0.1, 0.15) is 32.1 Å². The zero-order chi connectivity index (χ0) is 14.7. The van der Waals surface area contributed by atoms with Gasteiger partial charge in [0.2, 0.25) is 0 Å². The maximum atomic E-state index is 12.5. The van der Waals surface area contributed by atoms with Gasteiger partial charge in [0.1, 0.15) is 0 Å². The molecule has 0 fully saturated rings. The van der Waals surface area contributed by atoms with Crippen molar-refractivity contribution in [1.82, 2.24) is 4.90 Å². The van der Waals surface area contributed by atoms with Crippen molar-refractivity contribution in [3.8, 4) is 11.8 Å². The lowest BCUT2D eigenvalue weighted by Gasteiger charge is -2.13. The highest BCUT2D eigenvalue weighted by atomic mass is 32.1. The molecule has 1 aromatic carbocycles. The molecule has 0 saturated carbocycles. The van der Waals surface area contributed by atoms with Gasteiger partial charge in [-0.15, -0.1) is 11.3 Å². The summed E-state index contributed by atoms with van der Waals surface area (Å²) in [4.78, 5) is 16.0. The Morgan fingerprint density at radius 1 is 1.19 bits per heavy atom. The van der Waals surface area contributed by atoms with Crippen molar-refractivity contribution >= 4 is 17.2 Å². The lowest BCUT2D eigenvalue weighted by atomic mass is 10.1. The molecule has 1 aliphatic heterocycles. The van der Waals surface area contributed by atoms with E-state index in [1.807, 2.05) is 29.2 Å². The SMILES string of the molecule is O=C(c1ccc(C#CCCO)s1)N1Cc2ccccc2C1. The molecular formula is C17H15NO2S. The Bertz CT molecular complexity index is 699. The Morgan fingerprint density at radius 3 is 2.57 bits per heavy atom. The zero-order valence-electron chi connectivity index (χ0n) is 11.5. The van der Waals surface area contributed by atoms with E-state index < -0.39 is 0 Å². The van der Waals surface area contributed by atoms with E-state index in [1.165, 1.54) is 22.5 Å². The highest BCUT2D eigenvalue weighted by molar-refractivity contribution is 7.14. The van der Waals surface area contributed by atoms with E-state index in [2.05, 4.69) is 24.0 Å². The molecule has 2 heterocycles. The van der Waals surface area contributed by atoms with E-state index in [4.69, 9.17) is 5.11 Å². The molecule has 0 radical (unpaired) electrons. The fraction of sp³-hybridized carbons (Fsp3) is 0.235. The number of amides is 1. The van der Waals surface area contributed by atoms with Crippen molar-refractivity contribution in [1.29, 1.82) is 0 Å². The molecule has 1 aliphatic rings. The van der Waals surface area contributed by atoms with Crippen LogP contribution >= 0.6 is 11.3 Å². The Kier molecular flexibility index (Phi) is 4.05. The normalized spacial score (nSPS) is 12.7. The van der Waals surface area contributed by atoms with Gasteiger partial charge in [-0.3, -0.25) is 4.79 Å². The van der Waals surface area contributed by atoms with Gasteiger partial charge in [0.15, 0.2) is 0 Å². The number of rotatable bonds is 2. The van der Waals surface area contributed by atoms with Gasteiger partial charge in [0, 0.05) is 19.5 Å². The predicted molar refractivity (Wildman–Crippen MR) is 82.9 cm³/mol. The summed E-state index contributed by atoms with van der Waals surface area (Å²) in [6, 6.07) is 11.9. The van der Waals surface area contributed by atoms with Crippen LogP contribution in [0.25, 0.3) is 0 Å². The minimum absolute atomic E-state index is 0.0615. The monoisotopic (exact) mass is 297 g/mol. The van der Waals surface area contributed by atoms with Crippen molar-refractivity contribution < 1.29 is 9.90 Å². The van der Waals surface area contributed by atoms with Crippen LogP contribution in [0.3, 0.4) is 0 Å². The van der Waals surface area contributed by atoms with Crippen LogP contribution in [0.4, 0.5) is 0 Å². The molecule has 21 heavy (non-hydrogen) atoms. The number of carbonyl (C=O) groups is 1. The molecule has 1 aromatic heterocycles. The minimum atomic E-state index is 0.0615. The molecule has 1 N–H and O–H groups in total. The van der Waals surface area contributed by atoms with Crippen molar-refractivity contribution in [3.05, 3.63) is 57.3 Å². The Hall–Kier alpha value is -2.09. The van der Waals surface area contributed by atoms with E-state index in [0.29, 0.717) is 19.5 Å².